The molecule has 108 valence electrons. The van der Waals surface area contributed by atoms with Gasteiger partial charge in [0.25, 0.3) is 0 Å². The number of nitrogens with one attached hydrogen (secondary N) is 2. The second-order valence-electron chi connectivity index (χ2n) is 5.14. The van der Waals surface area contributed by atoms with Gasteiger partial charge in [0.1, 0.15) is 17.5 Å². The second kappa shape index (κ2) is 6.65. The van der Waals surface area contributed by atoms with Gasteiger partial charge < -0.3 is 20.7 Å². The summed E-state index contributed by atoms with van der Waals surface area (Å²) in [6.45, 7) is 4.72. The van der Waals surface area contributed by atoms with Gasteiger partial charge in [-0.3, -0.25) is 0 Å². The SMILES string of the molecule is CCc1nc(NN)cc(NCC(C)(O)CN(C)C)n1. The van der Waals surface area contributed by atoms with Crippen LogP contribution in [0.2, 0.25) is 0 Å². The summed E-state index contributed by atoms with van der Waals surface area (Å²) in [6.07, 6.45) is 0.721. The van der Waals surface area contributed by atoms with E-state index < -0.39 is 5.60 Å². The molecular formula is C12H24N6O. The van der Waals surface area contributed by atoms with Gasteiger partial charge in [-0.15, -0.1) is 0 Å². The smallest absolute Gasteiger partial charge is 0.145 e. The number of nitrogens with zero attached hydrogens (tertiary/aromatic N) is 3. The van der Waals surface area contributed by atoms with Crippen molar-refractivity contribution in [3.8, 4) is 0 Å². The number of hydrazine groups is 1. The Hall–Kier alpha value is -1.44. The zero-order valence-corrected chi connectivity index (χ0v) is 12.1. The maximum atomic E-state index is 10.2. The van der Waals surface area contributed by atoms with Crippen LogP contribution in [0, 0.1) is 0 Å². The Morgan fingerprint density at radius 1 is 1.37 bits per heavy atom. The Morgan fingerprint density at radius 3 is 2.53 bits per heavy atom. The third-order valence-electron chi connectivity index (χ3n) is 2.54. The molecular weight excluding hydrogens is 244 g/mol. The molecule has 0 saturated heterocycles. The molecule has 7 heteroatoms. The highest BCUT2D eigenvalue weighted by Crippen LogP contribution is 2.13. The summed E-state index contributed by atoms with van der Waals surface area (Å²) in [7, 11) is 3.84. The van der Waals surface area contributed by atoms with Crippen LogP contribution < -0.4 is 16.6 Å². The van der Waals surface area contributed by atoms with Crippen LogP contribution >= 0.6 is 0 Å². The van der Waals surface area contributed by atoms with E-state index in [0.29, 0.717) is 30.5 Å². The average Bonchev–Trinajstić information content (AvgIpc) is 2.34. The fraction of sp³-hybridized carbons (Fsp3) is 0.667. The number of aromatic nitrogens is 2. The van der Waals surface area contributed by atoms with Crippen LogP contribution in [0.15, 0.2) is 6.07 Å². The molecule has 1 atom stereocenters. The van der Waals surface area contributed by atoms with E-state index in [0.717, 1.165) is 6.42 Å². The van der Waals surface area contributed by atoms with E-state index in [4.69, 9.17) is 5.84 Å². The monoisotopic (exact) mass is 268 g/mol. The Kier molecular flexibility index (Phi) is 5.46. The van der Waals surface area contributed by atoms with Gasteiger partial charge in [0.05, 0.1) is 5.60 Å². The zero-order valence-electron chi connectivity index (χ0n) is 12.1. The lowest BCUT2D eigenvalue weighted by Gasteiger charge is -2.27. The van der Waals surface area contributed by atoms with E-state index in [9.17, 15) is 5.11 Å². The largest absolute Gasteiger partial charge is 0.387 e. The van der Waals surface area contributed by atoms with Crippen LogP contribution in [0.5, 0.6) is 0 Å². The molecule has 1 rings (SSSR count). The van der Waals surface area contributed by atoms with Crippen molar-refractivity contribution in [3.05, 3.63) is 11.9 Å². The molecule has 7 nitrogen and oxygen atoms in total. The minimum absolute atomic E-state index is 0.398. The molecule has 0 aliphatic heterocycles. The topological polar surface area (TPSA) is 99.3 Å². The number of hydrogen-bond acceptors (Lipinski definition) is 7. The fourth-order valence-corrected chi connectivity index (χ4v) is 1.84. The number of nitrogens with two attached hydrogens (primary N) is 1. The van der Waals surface area contributed by atoms with Crippen molar-refractivity contribution >= 4 is 11.6 Å². The van der Waals surface area contributed by atoms with Crippen LogP contribution in [-0.4, -0.2) is 52.8 Å². The van der Waals surface area contributed by atoms with Gasteiger partial charge >= 0.3 is 0 Å². The number of anilines is 2. The number of rotatable bonds is 7. The Balaban J connectivity index is 2.71. The summed E-state index contributed by atoms with van der Waals surface area (Å²) in [4.78, 5) is 10.5. The summed E-state index contributed by atoms with van der Waals surface area (Å²) in [5.41, 5.74) is 1.67. The molecule has 0 fully saturated rings. The fourth-order valence-electron chi connectivity index (χ4n) is 1.84. The molecule has 0 aliphatic carbocycles. The lowest BCUT2D eigenvalue weighted by molar-refractivity contribution is 0.0459. The molecule has 1 heterocycles. The van der Waals surface area contributed by atoms with Crippen molar-refractivity contribution < 1.29 is 5.11 Å². The summed E-state index contributed by atoms with van der Waals surface area (Å²) in [6, 6.07) is 1.71. The molecule has 19 heavy (non-hydrogen) atoms. The molecule has 0 bridgehead atoms. The molecule has 0 spiro atoms. The molecule has 0 aliphatic rings. The third-order valence-corrected chi connectivity index (χ3v) is 2.54. The molecule has 0 aromatic carbocycles. The van der Waals surface area contributed by atoms with E-state index in [2.05, 4.69) is 20.7 Å². The van der Waals surface area contributed by atoms with Gasteiger partial charge in [-0.25, -0.2) is 15.8 Å². The van der Waals surface area contributed by atoms with Crippen molar-refractivity contribution in [2.24, 2.45) is 5.84 Å². The summed E-state index contributed by atoms with van der Waals surface area (Å²) in [5.74, 6) is 7.27. The van der Waals surface area contributed by atoms with E-state index in [1.165, 1.54) is 0 Å². The Bertz CT molecular complexity index is 385. The standard InChI is InChI=1S/C12H24N6O/c1-5-9-15-10(6-11(16-9)17-13)14-7-12(2,19)8-18(3)4/h6,19H,5,7-8,13H2,1-4H3,(H2,14,15,16,17). The Morgan fingerprint density at radius 2 is 2.00 bits per heavy atom. The van der Waals surface area contributed by atoms with Gasteiger partial charge in [0, 0.05) is 25.6 Å². The van der Waals surface area contributed by atoms with Gasteiger partial charge in [0.2, 0.25) is 0 Å². The van der Waals surface area contributed by atoms with Crippen LogP contribution in [-0.2, 0) is 6.42 Å². The number of aliphatic hydroxyl groups is 1. The predicted octanol–water partition coefficient (Wildman–Crippen LogP) is 0.0491. The molecule has 1 aromatic heterocycles. The first-order chi connectivity index (χ1) is 8.86. The summed E-state index contributed by atoms with van der Waals surface area (Å²) < 4.78 is 0. The number of hydrogen-bond donors (Lipinski definition) is 4. The average molecular weight is 268 g/mol. The van der Waals surface area contributed by atoms with Crippen LogP contribution in [0.4, 0.5) is 11.6 Å². The predicted molar refractivity (Wildman–Crippen MR) is 76.9 cm³/mol. The summed E-state index contributed by atoms with van der Waals surface area (Å²) in [5, 5.41) is 13.3. The highest BCUT2D eigenvalue weighted by Gasteiger charge is 2.21. The highest BCUT2D eigenvalue weighted by molar-refractivity contribution is 5.47. The first-order valence-electron chi connectivity index (χ1n) is 6.32. The van der Waals surface area contributed by atoms with E-state index in [1.54, 1.807) is 13.0 Å². The third kappa shape index (κ3) is 5.37. The second-order valence-corrected chi connectivity index (χ2v) is 5.14. The van der Waals surface area contributed by atoms with Crippen LogP contribution in [0.25, 0.3) is 0 Å². The molecule has 0 radical (unpaired) electrons. The molecule has 1 aromatic rings. The normalized spacial score (nSPS) is 14.3. The molecule has 5 N–H and O–H groups in total. The van der Waals surface area contributed by atoms with Crippen molar-refractivity contribution in [3.63, 3.8) is 0 Å². The minimum Gasteiger partial charge on any atom is -0.387 e. The van der Waals surface area contributed by atoms with Crippen molar-refractivity contribution in [1.29, 1.82) is 0 Å². The molecule has 0 saturated carbocycles. The quantitative estimate of drug-likeness (QED) is 0.409. The van der Waals surface area contributed by atoms with Crippen molar-refractivity contribution in [2.75, 3.05) is 37.9 Å². The number of nitrogen functional groups attached to an aromatic ring is 1. The highest BCUT2D eigenvalue weighted by atomic mass is 16.3. The minimum atomic E-state index is -0.836. The van der Waals surface area contributed by atoms with E-state index in [-0.39, 0.29) is 0 Å². The molecule has 0 amide bonds. The number of aryl methyl sites for hydroxylation is 1. The Labute approximate surface area is 114 Å². The van der Waals surface area contributed by atoms with Gasteiger partial charge in [0.15, 0.2) is 0 Å². The van der Waals surface area contributed by atoms with Crippen molar-refractivity contribution in [2.45, 2.75) is 25.9 Å². The van der Waals surface area contributed by atoms with E-state index in [1.807, 2.05) is 25.9 Å². The van der Waals surface area contributed by atoms with E-state index >= 15 is 0 Å². The van der Waals surface area contributed by atoms with Crippen LogP contribution in [0.1, 0.15) is 19.7 Å². The maximum Gasteiger partial charge on any atom is 0.145 e. The number of likely N-dealkylation sites (N-methyl/N-ethyl adjacent to an activating group) is 1. The van der Waals surface area contributed by atoms with Gasteiger partial charge in [-0.1, -0.05) is 6.92 Å². The summed E-state index contributed by atoms with van der Waals surface area (Å²) >= 11 is 0. The molecule has 1 unspecified atom stereocenters. The first kappa shape index (κ1) is 15.6. The maximum absolute atomic E-state index is 10.2. The zero-order chi connectivity index (χ0) is 14.5. The lowest BCUT2D eigenvalue weighted by atomic mass is 10.1. The van der Waals surface area contributed by atoms with Gasteiger partial charge in [-0.2, -0.15) is 0 Å². The van der Waals surface area contributed by atoms with Crippen molar-refractivity contribution in [1.82, 2.24) is 14.9 Å². The van der Waals surface area contributed by atoms with Crippen LogP contribution in [0.3, 0.4) is 0 Å². The first-order valence-corrected chi connectivity index (χ1v) is 6.32. The van der Waals surface area contributed by atoms with Gasteiger partial charge in [-0.05, 0) is 21.0 Å². The lowest BCUT2D eigenvalue weighted by Crippen LogP contribution is -2.43.